The van der Waals surface area contributed by atoms with Crippen LogP contribution < -0.4 is 17.0 Å². The van der Waals surface area contributed by atoms with E-state index >= 15 is 0 Å². The minimum atomic E-state index is 0. The Labute approximate surface area is 98.1 Å². The van der Waals surface area contributed by atoms with Gasteiger partial charge < -0.3 is 17.0 Å². The standard InChI is InChI=1S/C13H9O.BrH/c1-3-7-12-10(5-1)9-11-6-2-4-8-13(11)14-12;/h1-9H;1H/q+1;/p-1. The zero-order chi connectivity index (χ0) is 9.38. The SMILES string of the molecule is [Br-].c1ccc2[o+]c3ccccc3cc2c1. The van der Waals surface area contributed by atoms with Gasteiger partial charge in [-0.3, -0.25) is 0 Å². The molecule has 0 spiro atoms. The number of rotatable bonds is 0. The first-order valence-corrected chi connectivity index (χ1v) is 4.64. The number of para-hydroxylation sites is 2. The molecule has 0 saturated heterocycles. The molecule has 0 saturated carbocycles. The topological polar surface area (TPSA) is 11.3 Å². The van der Waals surface area contributed by atoms with Gasteiger partial charge in [-0.2, -0.15) is 0 Å². The molecule has 1 aromatic heterocycles. The largest absolute Gasteiger partial charge is 1.00 e. The van der Waals surface area contributed by atoms with Crippen LogP contribution in [0, 0.1) is 0 Å². The first-order valence-electron chi connectivity index (χ1n) is 4.64. The highest BCUT2D eigenvalue weighted by Crippen LogP contribution is 2.21. The summed E-state index contributed by atoms with van der Waals surface area (Å²) in [5.41, 5.74) is 1.87. The predicted octanol–water partition coefficient (Wildman–Crippen LogP) is 0.871. The summed E-state index contributed by atoms with van der Waals surface area (Å²) in [6.45, 7) is 0. The van der Waals surface area contributed by atoms with Crippen molar-refractivity contribution in [3.05, 3.63) is 54.6 Å². The Hall–Kier alpha value is -1.41. The van der Waals surface area contributed by atoms with E-state index in [1.54, 1.807) is 0 Å². The molecule has 15 heavy (non-hydrogen) atoms. The van der Waals surface area contributed by atoms with Crippen LogP contribution in [0.1, 0.15) is 0 Å². The highest BCUT2D eigenvalue weighted by Gasteiger charge is 2.09. The fourth-order valence-electron chi connectivity index (χ4n) is 1.67. The van der Waals surface area contributed by atoms with E-state index in [9.17, 15) is 0 Å². The van der Waals surface area contributed by atoms with Gasteiger partial charge in [0.1, 0.15) is 0 Å². The second kappa shape index (κ2) is 3.99. The zero-order valence-corrected chi connectivity index (χ0v) is 9.57. The molecule has 74 valence electrons. The van der Waals surface area contributed by atoms with Crippen LogP contribution in [0.4, 0.5) is 0 Å². The average molecular weight is 261 g/mol. The van der Waals surface area contributed by atoms with Crippen LogP contribution in [0.15, 0.2) is 59.0 Å². The van der Waals surface area contributed by atoms with Gasteiger partial charge in [0.15, 0.2) is 0 Å². The van der Waals surface area contributed by atoms with Gasteiger partial charge in [0.25, 0.3) is 0 Å². The quantitative estimate of drug-likeness (QED) is 0.432. The van der Waals surface area contributed by atoms with Crippen molar-refractivity contribution in [1.82, 2.24) is 0 Å². The molecular formula is C13H9BrO. The molecule has 3 rings (SSSR count). The van der Waals surface area contributed by atoms with Crippen LogP contribution in [0.3, 0.4) is 0 Å². The Balaban J connectivity index is 0.000000853. The first-order chi connectivity index (χ1) is 6.93. The summed E-state index contributed by atoms with van der Waals surface area (Å²) in [6.07, 6.45) is 0. The third-order valence-electron chi connectivity index (χ3n) is 2.37. The minimum Gasteiger partial charge on any atom is -1.00 e. The van der Waals surface area contributed by atoms with Gasteiger partial charge in [-0.15, -0.1) is 0 Å². The van der Waals surface area contributed by atoms with E-state index < -0.39 is 0 Å². The minimum absolute atomic E-state index is 0. The van der Waals surface area contributed by atoms with Crippen molar-refractivity contribution >= 4 is 21.9 Å². The third kappa shape index (κ3) is 1.73. The fourth-order valence-corrected chi connectivity index (χ4v) is 1.67. The van der Waals surface area contributed by atoms with E-state index in [2.05, 4.69) is 18.2 Å². The van der Waals surface area contributed by atoms with E-state index in [0.717, 1.165) is 21.9 Å². The molecule has 0 bridgehead atoms. The van der Waals surface area contributed by atoms with Crippen molar-refractivity contribution in [1.29, 1.82) is 0 Å². The molecule has 1 nitrogen and oxygen atoms in total. The summed E-state index contributed by atoms with van der Waals surface area (Å²) < 4.78 is 5.75. The molecule has 0 fully saturated rings. The molecule has 0 unspecified atom stereocenters. The van der Waals surface area contributed by atoms with Crippen molar-refractivity contribution in [2.45, 2.75) is 0 Å². The summed E-state index contributed by atoms with van der Waals surface area (Å²) in [6, 6.07) is 18.3. The van der Waals surface area contributed by atoms with Crippen LogP contribution in [0.2, 0.25) is 0 Å². The second-order valence-corrected chi connectivity index (χ2v) is 3.32. The van der Waals surface area contributed by atoms with E-state index in [0.29, 0.717) is 0 Å². The maximum absolute atomic E-state index is 5.75. The normalized spacial score (nSPS) is 10.1. The summed E-state index contributed by atoms with van der Waals surface area (Å²) >= 11 is 0. The zero-order valence-electron chi connectivity index (χ0n) is 7.98. The molecule has 0 N–H and O–H groups in total. The van der Waals surface area contributed by atoms with Gasteiger partial charge >= 0.3 is 11.2 Å². The first kappa shape index (κ1) is 10.1. The number of halogens is 1. The second-order valence-electron chi connectivity index (χ2n) is 3.32. The fraction of sp³-hybridized carbons (Fsp3) is 0. The summed E-state index contributed by atoms with van der Waals surface area (Å²) in [7, 11) is 0. The van der Waals surface area contributed by atoms with Gasteiger partial charge in [0.05, 0.1) is 10.8 Å². The van der Waals surface area contributed by atoms with E-state index in [1.807, 2.05) is 36.4 Å². The molecule has 0 radical (unpaired) electrons. The van der Waals surface area contributed by atoms with E-state index in [1.165, 1.54) is 0 Å². The average Bonchev–Trinajstić information content (AvgIpc) is 2.26. The number of benzene rings is 2. The Morgan fingerprint density at radius 2 is 1.13 bits per heavy atom. The van der Waals surface area contributed by atoms with Crippen LogP contribution >= 0.6 is 0 Å². The van der Waals surface area contributed by atoms with Crippen molar-refractivity contribution < 1.29 is 21.4 Å². The Morgan fingerprint density at radius 3 is 1.67 bits per heavy atom. The monoisotopic (exact) mass is 260 g/mol. The summed E-state index contributed by atoms with van der Waals surface area (Å²) in [5, 5.41) is 2.29. The van der Waals surface area contributed by atoms with Crippen molar-refractivity contribution in [3.8, 4) is 0 Å². The highest BCUT2D eigenvalue weighted by atomic mass is 79.9. The lowest BCUT2D eigenvalue weighted by Crippen LogP contribution is -3.00. The molecule has 3 aromatic rings. The lowest BCUT2D eigenvalue weighted by Gasteiger charge is -1.89. The molecule has 0 amide bonds. The molecule has 0 aliphatic heterocycles. The molecule has 2 aromatic carbocycles. The smallest absolute Gasteiger partial charge is 0.360 e. The van der Waals surface area contributed by atoms with Gasteiger partial charge in [-0.05, 0) is 18.2 Å². The third-order valence-corrected chi connectivity index (χ3v) is 2.37. The van der Waals surface area contributed by atoms with Crippen molar-refractivity contribution in [3.63, 3.8) is 0 Å². The lowest BCUT2D eigenvalue weighted by atomic mass is 10.1. The molecule has 0 atom stereocenters. The van der Waals surface area contributed by atoms with E-state index in [4.69, 9.17) is 4.42 Å². The Kier molecular flexibility index (Phi) is 2.69. The predicted molar refractivity (Wildman–Crippen MR) is 58.1 cm³/mol. The summed E-state index contributed by atoms with van der Waals surface area (Å²) in [5.74, 6) is 0. The molecule has 0 aliphatic carbocycles. The number of hydrogen-bond acceptors (Lipinski definition) is 0. The number of hydrogen-bond donors (Lipinski definition) is 0. The molecule has 0 aliphatic rings. The van der Waals surface area contributed by atoms with Gasteiger partial charge in [0, 0.05) is 12.1 Å². The highest BCUT2D eigenvalue weighted by molar-refractivity contribution is 5.89. The van der Waals surface area contributed by atoms with E-state index in [-0.39, 0.29) is 17.0 Å². The van der Waals surface area contributed by atoms with Crippen molar-refractivity contribution in [2.75, 3.05) is 0 Å². The van der Waals surface area contributed by atoms with Crippen molar-refractivity contribution in [2.24, 2.45) is 0 Å². The molecule has 2 heteroatoms. The molecular weight excluding hydrogens is 252 g/mol. The van der Waals surface area contributed by atoms with Crippen LogP contribution in [0.5, 0.6) is 0 Å². The van der Waals surface area contributed by atoms with Gasteiger partial charge in [-0.25, -0.2) is 4.42 Å². The van der Waals surface area contributed by atoms with Crippen LogP contribution in [-0.4, -0.2) is 0 Å². The lowest BCUT2D eigenvalue weighted by molar-refractivity contribution is -0.00000315. The maximum Gasteiger partial charge on any atom is 0.360 e. The van der Waals surface area contributed by atoms with Gasteiger partial charge in [-0.1, -0.05) is 24.3 Å². The summed E-state index contributed by atoms with van der Waals surface area (Å²) in [4.78, 5) is 0. The van der Waals surface area contributed by atoms with Crippen LogP contribution in [0.25, 0.3) is 21.9 Å². The maximum atomic E-state index is 5.75. The number of fused-ring (bicyclic) bond motifs is 2. The Morgan fingerprint density at radius 1 is 0.667 bits per heavy atom. The molecule has 1 heterocycles. The van der Waals surface area contributed by atoms with Crippen LogP contribution in [-0.2, 0) is 0 Å². The van der Waals surface area contributed by atoms with Gasteiger partial charge in [0.2, 0.25) is 0 Å². The Bertz CT molecular complexity index is 499.